The first kappa shape index (κ1) is 20.3. The van der Waals surface area contributed by atoms with Crippen LogP contribution >= 0.6 is 11.6 Å². The average Bonchev–Trinajstić information content (AvgIpc) is 2.47. The Bertz CT molecular complexity index is 555. The Morgan fingerprint density at radius 2 is 2.05 bits per heavy atom. The molecule has 0 bridgehead atoms. The summed E-state index contributed by atoms with van der Waals surface area (Å²) in [7, 11) is 0. The number of hydrogen-bond acceptors (Lipinski definition) is 1. The number of nitrogens with zero attached hydrogens (tertiary/aromatic N) is 1. The van der Waals surface area contributed by atoms with E-state index in [9.17, 15) is 4.39 Å². The summed E-state index contributed by atoms with van der Waals surface area (Å²) in [5, 5.41) is 0.184. The fraction of sp³-hybridized carbons (Fsp3) is 0.316. The minimum Gasteiger partial charge on any atom is -0.212 e. The van der Waals surface area contributed by atoms with Crippen molar-refractivity contribution in [3.8, 4) is 0 Å². The van der Waals surface area contributed by atoms with Crippen LogP contribution in [0.5, 0.6) is 0 Å². The molecule has 0 radical (unpaired) electrons. The molecule has 0 fully saturated rings. The molecule has 1 atom stereocenters. The number of hydrogen-bond donors (Lipinski definition) is 0. The molecule has 1 nitrogen and oxygen atoms in total. The predicted molar refractivity (Wildman–Crippen MR) is 98.3 cm³/mol. The molecule has 0 saturated heterocycles. The van der Waals surface area contributed by atoms with E-state index in [0.717, 1.165) is 12.0 Å². The SMILES string of the molecule is C=C.CC/C=C\c1cc(C(C)/C=C(Cl)\N=C(/C)F)ccc1C. The van der Waals surface area contributed by atoms with Crippen LogP contribution in [0.3, 0.4) is 0 Å². The van der Waals surface area contributed by atoms with E-state index in [4.69, 9.17) is 11.6 Å². The van der Waals surface area contributed by atoms with Crippen LogP contribution in [0.15, 0.2) is 53.7 Å². The van der Waals surface area contributed by atoms with Crippen LogP contribution < -0.4 is 0 Å². The molecule has 120 valence electrons. The lowest BCUT2D eigenvalue weighted by Gasteiger charge is -2.10. The Morgan fingerprint density at radius 1 is 1.41 bits per heavy atom. The Kier molecular flexibility index (Phi) is 10.1. The Hall–Kier alpha value is -1.67. The molecule has 1 aromatic rings. The van der Waals surface area contributed by atoms with Crippen molar-refractivity contribution in [2.24, 2.45) is 4.99 Å². The molecule has 0 heterocycles. The monoisotopic (exact) mass is 321 g/mol. The van der Waals surface area contributed by atoms with Crippen LogP contribution in [-0.4, -0.2) is 5.97 Å². The van der Waals surface area contributed by atoms with Gasteiger partial charge in [0.2, 0.25) is 0 Å². The van der Waals surface area contributed by atoms with Gasteiger partial charge in [-0.15, -0.1) is 13.2 Å². The van der Waals surface area contributed by atoms with Gasteiger partial charge in [0.1, 0.15) is 5.16 Å². The first-order valence-corrected chi connectivity index (χ1v) is 7.67. The maximum atomic E-state index is 12.7. The molecular formula is C19H25ClFN. The molecule has 3 heteroatoms. The Labute approximate surface area is 138 Å². The molecule has 0 aliphatic carbocycles. The molecule has 0 aliphatic rings. The topological polar surface area (TPSA) is 12.4 Å². The van der Waals surface area contributed by atoms with Gasteiger partial charge in [0.05, 0.1) is 0 Å². The second-order valence-corrected chi connectivity index (χ2v) is 5.20. The Morgan fingerprint density at radius 3 is 2.59 bits per heavy atom. The summed E-state index contributed by atoms with van der Waals surface area (Å²) in [6.45, 7) is 13.5. The molecule has 0 N–H and O–H groups in total. The van der Waals surface area contributed by atoms with Crippen LogP contribution in [-0.2, 0) is 0 Å². The standard InChI is InChI=1S/C17H21ClFN.C2H4/c1-5-6-7-15-11-16(9-8-12(15)2)13(3)10-17(18)20-14(4)19;1-2/h6-11,13H,5H2,1-4H3;1-2H2/b7-6-,17-10-,20-14+;. The van der Waals surface area contributed by atoms with E-state index in [-0.39, 0.29) is 11.1 Å². The molecule has 1 aromatic carbocycles. The average molecular weight is 322 g/mol. The van der Waals surface area contributed by atoms with Crippen molar-refractivity contribution < 1.29 is 4.39 Å². The van der Waals surface area contributed by atoms with Crippen molar-refractivity contribution in [1.82, 2.24) is 0 Å². The summed E-state index contributed by atoms with van der Waals surface area (Å²) in [4.78, 5) is 3.59. The molecule has 0 spiro atoms. The highest BCUT2D eigenvalue weighted by molar-refractivity contribution is 6.29. The van der Waals surface area contributed by atoms with Gasteiger partial charge in [-0.05, 0) is 36.1 Å². The van der Waals surface area contributed by atoms with Crippen LogP contribution in [0.1, 0.15) is 49.8 Å². The molecule has 0 amide bonds. The van der Waals surface area contributed by atoms with E-state index < -0.39 is 5.97 Å². The van der Waals surface area contributed by atoms with E-state index in [1.807, 2.05) is 6.92 Å². The van der Waals surface area contributed by atoms with Crippen molar-refractivity contribution in [3.63, 3.8) is 0 Å². The zero-order valence-electron chi connectivity index (χ0n) is 13.9. The van der Waals surface area contributed by atoms with Crippen molar-refractivity contribution in [1.29, 1.82) is 0 Å². The third-order valence-electron chi connectivity index (χ3n) is 3.01. The van der Waals surface area contributed by atoms with Crippen molar-refractivity contribution >= 4 is 23.6 Å². The lowest BCUT2D eigenvalue weighted by Crippen LogP contribution is -1.93. The smallest absolute Gasteiger partial charge is 0.187 e. The summed E-state index contributed by atoms with van der Waals surface area (Å²) in [6, 6.07) is 6.29. The maximum Gasteiger partial charge on any atom is 0.187 e. The first-order chi connectivity index (χ1) is 10.4. The van der Waals surface area contributed by atoms with Gasteiger partial charge in [0.25, 0.3) is 0 Å². The largest absolute Gasteiger partial charge is 0.212 e. The third-order valence-corrected chi connectivity index (χ3v) is 3.22. The number of allylic oxidation sites excluding steroid dienone is 2. The van der Waals surface area contributed by atoms with Crippen LogP contribution in [0, 0.1) is 6.92 Å². The van der Waals surface area contributed by atoms with Gasteiger partial charge in [-0.1, -0.05) is 55.8 Å². The van der Waals surface area contributed by atoms with Crippen molar-refractivity contribution in [2.45, 2.75) is 40.0 Å². The lowest BCUT2D eigenvalue weighted by atomic mass is 9.96. The van der Waals surface area contributed by atoms with Gasteiger partial charge in [0.15, 0.2) is 5.97 Å². The molecule has 22 heavy (non-hydrogen) atoms. The minimum atomic E-state index is -0.533. The van der Waals surface area contributed by atoms with E-state index >= 15 is 0 Å². The molecular weight excluding hydrogens is 297 g/mol. The number of aliphatic imine (C=N–C) groups is 1. The summed E-state index contributed by atoms with van der Waals surface area (Å²) in [6.07, 6.45) is 7.02. The highest BCUT2D eigenvalue weighted by Crippen LogP contribution is 2.23. The second kappa shape index (κ2) is 11.0. The molecule has 0 aromatic heterocycles. The summed E-state index contributed by atoms with van der Waals surface area (Å²) in [5.41, 5.74) is 3.57. The predicted octanol–water partition coefficient (Wildman–Crippen LogP) is 6.79. The zero-order chi connectivity index (χ0) is 17.1. The highest BCUT2D eigenvalue weighted by atomic mass is 35.5. The fourth-order valence-electron chi connectivity index (χ4n) is 1.85. The number of benzene rings is 1. The normalized spacial score (nSPS) is 13.7. The summed E-state index contributed by atoms with van der Waals surface area (Å²) < 4.78 is 12.7. The van der Waals surface area contributed by atoms with Gasteiger partial charge in [-0.3, -0.25) is 0 Å². The van der Waals surface area contributed by atoms with Crippen LogP contribution in [0.25, 0.3) is 6.08 Å². The van der Waals surface area contributed by atoms with Gasteiger partial charge < -0.3 is 0 Å². The molecule has 1 unspecified atom stereocenters. The van der Waals surface area contributed by atoms with Gasteiger partial charge >= 0.3 is 0 Å². The van der Waals surface area contributed by atoms with Crippen LogP contribution in [0.2, 0.25) is 0 Å². The van der Waals surface area contributed by atoms with Gasteiger partial charge in [-0.25, -0.2) is 4.99 Å². The zero-order valence-corrected chi connectivity index (χ0v) is 14.6. The quantitative estimate of drug-likeness (QED) is 0.321. The number of rotatable bonds is 5. The third kappa shape index (κ3) is 7.37. The second-order valence-electron chi connectivity index (χ2n) is 4.81. The van der Waals surface area contributed by atoms with E-state index in [1.54, 1.807) is 6.08 Å². The van der Waals surface area contributed by atoms with E-state index in [1.165, 1.54) is 18.1 Å². The molecule has 1 rings (SSSR count). The lowest BCUT2D eigenvalue weighted by molar-refractivity contribution is 0.796. The molecule has 0 aliphatic heterocycles. The van der Waals surface area contributed by atoms with E-state index in [2.05, 4.69) is 62.3 Å². The summed E-state index contributed by atoms with van der Waals surface area (Å²) >= 11 is 5.89. The van der Waals surface area contributed by atoms with Gasteiger partial charge in [-0.2, -0.15) is 4.39 Å². The minimum absolute atomic E-state index is 0.0833. The maximum absolute atomic E-state index is 12.7. The molecule has 0 saturated carbocycles. The van der Waals surface area contributed by atoms with Gasteiger partial charge in [0, 0.05) is 12.8 Å². The van der Waals surface area contributed by atoms with Crippen molar-refractivity contribution in [2.75, 3.05) is 0 Å². The highest BCUT2D eigenvalue weighted by Gasteiger charge is 2.06. The number of aryl methyl sites for hydroxylation is 1. The summed E-state index contributed by atoms with van der Waals surface area (Å²) in [5.74, 6) is -0.450. The van der Waals surface area contributed by atoms with Crippen molar-refractivity contribution in [3.05, 3.63) is 65.4 Å². The first-order valence-electron chi connectivity index (χ1n) is 7.29. The number of halogens is 2. The Balaban J connectivity index is 0.00000211. The van der Waals surface area contributed by atoms with Crippen LogP contribution in [0.4, 0.5) is 4.39 Å². The fourth-order valence-corrected chi connectivity index (χ4v) is 2.16. The van der Waals surface area contributed by atoms with E-state index in [0.29, 0.717) is 0 Å².